The van der Waals surface area contributed by atoms with Crippen LogP contribution in [-0.2, 0) is 17.8 Å². The second kappa shape index (κ2) is 8.84. The fourth-order valence-electron chi connectivity index (χ4n) is 2.56. The summed E-state index contributed by atoms with van der Waals surface area (Å²) < 4.78 is 15.7. The lowest BCUT2D eigenvalue weighted by Crippen LogP contribution is -2.23. The molecule has 7 nitrogen and oxygen atoms in total. The molecular formula is C20H21N3O4. The number of carbonyl (C=O) groups excluding carboxylic acids is 1. The van der Waals surface area contributed by atoms with Gasteiger partial charge < -0.3 is 19.3 Å². The number of hydrogen-bond acceptors (Lipinski definition) is 6. The molecule has 0 fully saturated rings. The summed E-state index contributed by atoms with van der Waals surface area (Å²) in [5.74, 6) is 2.15. The fraction of sp³-hybridized carbons (Fsp3) is 0.250. The number of aromatic nitrogens is 2. The molecule has 1 aromatic heterocycles. The summed E-state index contributed by atoms with van der Waals surface area (Å²) in [5, 5.41) is 6.82. The number of ether oxygens (including phenoxy) is 2. The van der Waals surface area contributed by atoms with Crippen molar-refractivity contribution in [2.75, 3.05) is 14.2 Å². The van der Waals surface area contributed by atoms with Gasteiger partial charge in [0.15, 0.2) is 11.5 Å². The van der Waals surface area contributed by atoms with Gasteiger partial charge in [0.2, 0.25) is 17.6 Å². The topological polar surface area (TPSA) is 86.5 Å². The van der Waals surface area contributed by atoms with Crippen molar-refractivity contribution in [3.8, 4) is 22.9 Å². The smallest absolute Gasteiger partial charge is 0.227 e. The zero-order valence-corrected chi connectivity index (χ0v) is 15.3. The Hall–Kier alpha value is -3.35. The van der Waals surface area contributed by atoms with Gasteiger partial charge in [0.1, 0.15) is 0 Å². The van der Waals surface area contributed by atoms with Crippen LogP contribution >= 0.6 is 0 Å². The lowest BCUT2D eigenvalue weighted by molar-refractivity contribution is -0.121. The Morgan fingerprint density at radius 2 is 1.85 bits per heavy atom. The summed E-state index contributed by atoms with van der Waals surface area (Å²) in [7, 11) is 3.16. The van der Waals surface area contributed by atoms with Gasteiger partial charge in [0, 0.05) is 24.9 Å². The van der Waals surface area contributed by atoms with E-state index in [0.717, 1.165) is 11.1 Å². The Balaban J connectivity index is 1.50. The molecule has 1 N–H and O–H groups in total. The average molecular weight is 367 g/mol. The van der Waals surface area contributed by atoms with Crippen LogP contribution in [0.4, 0.5) is 0 Å². The van der Waals surface area contributed by atoms with Crippen LogP contribution in [0.25, 0.3) is 11.4 Å². The molecule has 3 rings (SSSR count). The van der Waals surface area contributed by atoms with E-state index in [2.05, 4.69) is 15.5 Å². The summed E-state index contributed by atoms with van der Waals surface area (Å²) in [4.78, 5) is 16.4. The zero-order valence-electron chi connectivity index (χ0n) is 15.3. The molecule has 140 valence electrons. The third-order valence-corrected chi connectivity index (χ3v) is 4.00. The number of rotatable bonds is 8. The van der Waals surface area contributed by atoms with Crippen LogP contribution < -0.4 is 14.8 Å². The Labute approximate surface area is 157 Å². The van der Waals surface area contributed by atoms with Crippen LogP contribution in [0.15, 0.2) is 53.1 Å². The molecule has 1 amide bonds. The van der Waals surface area contributed by atoms with Crippen molar-refractivity contribution in [2.45, 2.75) is 19.4 Å². The van der Waals surface area contributed by atoms with E-state index in [1.54, 1.807) is 14.2 Å². The van der Waals surface area contributed by atoms with Crippen LogP contribution in [0.2, 0.25) is 0 Å². The highest BCUT2D eigenvalue weighted by molar-refractivity contribution is 5.76. The number of hydrogen-bond donors (Lipinski definition) is 1. The predicted octanol–water partition coefficient (Wildman–Crippen LogP) is 3.00. The maximum Gasteiger partial charge on any atom is 0.227 e. The first-order valence-electron chi connectivity index (χ1n) is 8.55. The molecule has 0 spiro atoms. The summed E-state index contributed by atoms with van der Waals surface area (Å²) in [6.45, 7) is 0.401. The fourth-order valence-corrected chi connectivity index (χ4v) is 2.56. The third kappa shape index (κ3) is 4.84. The second-order valence-electron chi connectivity index (χ2n) is 5.84. The maximum absolute atomic E-state index is 12.1. The first-order chi connectivity index (χ1) is 13.2. The van der Waals surface area contributed by atoms with Crippen LogP contribution in [-0.4, -0.2) is 30.3 Å². The molecule has 2 aromatic carbocycles. The molecule has 0 saturated carbocycles. The molecule has 0 aliphatic rings. The molecule has 0 saturated heterocycles. The first kappa shape index (κ1) is 18.4. The van der Waals surface area contributed by atoms with Crippen molar-refractivity contribution in [3.63, 3.8) is 0 Å². The van der Waals surface area contributed by atoms with Crippen molar-refractivity contribution in [2.24, 2.45) is 0 Å². The van der Waals surface area contributed by atoms with Gasteiger partial charge in [-0.2, -0.15) is 4.98 Å². The Morgan fingerprint density at radius 1 is 1.07 bits per heavy atom. The van der Waals surface area contributed by atoms with E-state index in [9.17, 15) is 4.79 Å². The minimum Gasteiger partial charge on any atom is -0.493 e. The Kier molecular flexibility index (Phi) is 6.04. The molecule has 27 heavy (non-hydrogen) atoms. The molecular weight excluding hydrogens is 346 g/mol. The van der Waals surface area contributed by atoms with Gasteiger partial charge >= 0.3 is 0 Å². The number of amides is 1. The van der Waals surface area contributed by atoms with Crippen LogP contribution in [0.5, 0.6) is 11.5 Å². The van der Waals surface area contributed by atoms with Gasteiger partial charge in [0.25, 0.3) is 0 Å². The molecule has 7 heteroatoms. The highest BCUT2D eigenvalue weighted by Gasteiger charge is 2.11. The molecule has 1 heterocycles. The first-order valence-corrected chi connectivity index (χ1v) is 8.55. The number of methoxy groups -OCH3 is 2. The van der Waals surface area contributed by atoms with Gasteiger partial charge in [-0.25, -0.2) is 0 Å². The van der Waals surface area contributed by atoms with E-state index in [1.807, 2.05) is 48.5 Å². The van der Waals surface area contributed by atoms with E-state index < -0.39 is 0 Å². The minimum absolute atomic E-state index is 0.0933. The predicted molar refractivity (Wildman–Crippen MR) is 99.4 cm³/mol. The van der Waals surface area contributed by atoms with Crippen molar-refractivity contribution in [3.05, 3.63) is 60.0 Å². The van der Waals surface area contributed by atoms with Gasteiger partial charge in [-0.3, -0.25) is 4.79 Å². The highest BCUT2D eigenvalue weighted by atomic mass is 16.5. The number of nitrogens with zero attached hydrogens (tertiary/aromatic N) is 2. The van der Waals surface area contributed by atoms with Crippen molar-refractivity contribution in [1.82, 2.24) is 15.5 Å². The maximum atomic E-state index is 12.1. The summed E-state index contributed by atoms with van der Waals surface area (Å²) in [6.07, 6.45) is 0.654. The van der Waals surface area contributed by atoms with E-state index >= 15 is 0 Å². The quantitative estimate of drug-likeness (QED) is 0.659. The largest absolute Gasteiger partial charge is 0.493 e. The third-order valence-electron chi connectivity index (χ3n) is 4.00. The molecule has 0 bridgehead atoms. The van der Waals surface area contributed by atoms with Crippen molar-refractivity contribution in [1.29, 1.82) is 0 Å². The Bertz CT molecular complexity index is 893. The summed E-state index contributed by atoms with van der Waals surface area (Å²) in [5.41, 5.74) is 1.80. The van der Waals surface area contributed by atoms with Gasteiger partial charge in [-0.05, 0) is 17.7 Å². The number of aryl methyl sites for hydroxylation is 1. The monoisotopic (exact) mass is 367 g/mol. The molecule has 0 aliphatic carbocycles. The molecule has 0 unspecified atom stereocenters. The van der Waals surface area contributed by atoms with E-state index in [-0.39, 0.29) is 12.3 Å². The van der Waals surface area contributed by atoms with E-state index in [4.69, 9.17) is 14.0 Å². The van der Waals surface area contributed by atoms with Crippen molar-refractivity contribution < 1.29 is 18.8 Å². The van der Waals surface area contributed by atoms with Gasteiger partial charge in [-0.15, -0.1) is 0 Å². The van der Waals surface area contributed by atoms with Crippen LogP contribution in [0.3, 0.4) is 0 Å². The lowest BCUT2D eigenvalue weighted by Gasteiger charge is -2.10. The van der Waals surface area contributed by atoms with Gasteiger partial charge in [0.05, 0.1) is 14.2 Å². The molecule has 0 aliphatic heterocycles. The number of benzene rings is 2. The number of carbonyl (C=O) groups is 1. The van der Waals surface area contributed by atoms with Crippen molar-refractivity contribution >= 4 is 5.91 Å². The van der Waals surface area contributed by atoms with E-state index in [1.165, 1.54) is 0 Å². The lowest BCUT2D eigenvalue weighted by atomic mass is 10.2. The van der Waals surface area contributed by atoms with Crippen LogP contribution in [0.1, 0.15) is 17.9 Å². The Morgan fingerprint density at radius 3 is 2.59 bits per heavy atom. The highest BCUT2D eigenvalue weighted by Crippen LogP contribution is 2.27. The van der Waals surface area contributed by atoms with E-state index in [0.29, 0.717) is 36.2 Å². The SMILES string of the molecule is COc1ccc(CNC(=O)CCc2nc(-c3ccccc3)no2)cc1OC. The molecule has 0 atom stereocenters. The van der Waals surface area contributed by atoms with Crippen LogP contribution in [0, 0.1) is 0 Å². The zero-order chi connectivity index (χ0) is 19.1. The summed E-state index contributed by atoms with van der Waals surface area (Å²) in [6, 6.07) is 15.1. The standard InChI is InChI=1S/C20H21N3O4/c1-25-16-9-8-14(12-17(16)26-2)13-21-18(24)10-11-19-22-20(23-27-19)15-6-4-3-5-7-15/h3-9,12H,10-11,13H2,1-2H3,(H,21,24). The normalized spacial score (nSPS) is 10.4. The molecule has 3 aromatic rings. The van der Waals surface area contributed by atoms with Gasteiger partial charge in [-0.1, -0.05) is 41.6 Å². The minimum atomic E-state index is -0.0933. The molecule has 0 radical (unpaired) electrons. The average Bonchev–Trinajstić information content (AvgIpc) is 3.20. The number of nitrogens with one attached hydrogen (secondary N) is 1. The summed E-state index contributed by atoms with van der Waals surface area (Å²) >= 11 is 0. The second-order valence-corrected chi connectivity index (χ2v) is 5.84.